The molecule has 1 aliphatic rings. The van der Waals surface area contributed by atoms with Crippen molar-refractivity contribution in [2.75, 3.05) is 32.8 Å². The molecule has 18 heavy (non-hydrogen) atoms. The molecule has 0 aromatic rings. The van der Waals surface area contributed by atoms with Crippen LogP contribution in [0.25, 0.3) is 0 Å². The summed E-state index contributed by atoms with van der Waals surface area (Å²) in [6.07, 6.45) is 2.41. The first-order valence-electron chi connectivity index (χ1n) is 7.58. The van der Waals surface area contributed by atoms with E-state index in [0.29, 0.717) is 17.5 Å². The molecule has 1 aliphatic heterocycles. The Bertz CT molecular complexity index is 233. The third-order valence-corrected chi connectivity index (χ3v) is 4.19. The SMILES string of the molecule is CCC1CN(CCOCC(C)C)C(C)(CC)CN1. The first-order chi connectivity index (χ1) is 8.51. The second kappa shape index (κ2) is 7.46. The van der Waals surface area contributed by atoms with Crippen LogP contribution in [-0.4, -0.2) is 49.3 Å². The standard InChI is InChI=1S/C15H32N2O/c1-6-14-10-17(8-9-18-11-13(3)4)15(5,7-2)12-16-14/h13-14,16H,6-12H2,1-5H3. The summed E-state index contributed by atoms with van der Waals surface area (Å²) >= 11 is 0. The average Bonchev–Trinajstić information content (AvgIpc) is 2.36. The lowest BCUT2D eigenvalue weighted by Gasteiger charge is -2.48. The van der Waals surface area contributed by atoms with Crippen LogP contribution in [0.3, 0.4) is 0 Å². The van der Waals surface area contributed by atoms with Gasteiger partial charge in [-0.05, 0) is 25.7 Å². The summed E-state index contributed by atoms with van der Waals surface area (Å²) in [5.41, 5.74) is 0.298. The number of nitrogens with zero attached hydrogens (tertiary/aromatic N) is 1. The van der Waals surface area contributed by atoms with Crippen molar-refractivity contribution in [3.63, 3.8) is 0 Å². The third kappa shape index (κ3) is 4.52. The van der Waals surface area contributed by atoms with Gasteiger partial charge in [-0.2, -0.15) is 0 Å². The molecule has 3 heteroatoms. The Kier molecular flexibility index (Phi) is 6.61. The second-order valence-corrected chi connectivity index (χ2v) is 6.25. The monoisotopic (exact) mass is 256 g/mol. The van der Waals surface area contributed by atoms with Crippen molar-refractivity contribution in [2.45, 2.75) is 59.0 Å². The average molecular weight is 256 g/mol. The molecule has 2 unspecified atom stereocenters. The topological polar surface area (TPSA) is 24.5 Å². The van der Waals surface area contributed by atoms with Gasteiger partial charge in [-0.15, -0.1) is 0 Å². The van der Waals surface area contributed by atoms with Gasteiger partial charge in [-0.3, -0.25) is 4.90 Å². The van der Waals surface area contributed by atoms with E-state index < -0.39 is 0 Å². The summed E-state index contributed by atoms with van der Waals surface area (Å²) in [7, 11) is 0. The van der Waals surface area contributed by atoms with E-state index in [0.717, 1.165) is 32.8 Å². The van der Waals surface area contributed by atoms with Crippen LogP contribution in [0.2, 0.25) is 0 Å². The van der Waals surface area contributed by atoms with Crippen LogP contribution < -0.4 is 5.32 Å². The zero-order chi connectivity index (χ0) is 13.6. The predicted molar refractivity (Wildman–Crippen MR) is 78.0 cm³/mol. The van der Waals surface area contributed by atoms with E-state index in [1.54, 1.807) is 0 Å². The van der Waals surface area contributed by atoms with Crippen molar-refractivity contribution < 1.29 is 4.74 Å². The van der Waals surface area contributed by atoms with Crippen LogP contribution in [0.4, 0.5) is 0 Å². The van der Waals surface area contributed by atoms with Crippen LogP contribution in [0.1, 0.15) is 47.5 Å². The zero-order valence-electron chi connectivity index (χ0n) is 13.0. The van der Waals surface area contributed by atoms with Crippen molar-refractivity contribution in [1.82, 2.24) is 10.2 Å². The molecule has 0 spiro atoms. The molecule has 0 aromatic carbocycles. The Hall–Kier alpha value is -0.120. The van der Waals surface area contributed by atoms with Crippen LogP contribution in [0.15, 0.2) is 0 Å². The van der Waals surface area contributed by atoms with Crippen molar-refractivity contribution in [3.05, 3.63) is 0 Å². The molecule has 1 saturated heterocycles. The van der Waals surface area contributed by atoms with Gasteiger partial charge in [0.15, 0.2) is 0 Å². The Morgan fingerprint density at radius 1 is 1.39 bits per heavy atom. The fraction of sp³-hybridized carbons (Fsp3) is 1.00. The Morgan fingerprint density at radius 2 is 2.11 bits per heavy atom. The lowest BCUT2D eigenvalue weighted by atomic mass is 9.91. The molecule has 0 aliphatic carbocycles. The van der Waals surface area contributed by atoms with Crippen molar-refractivity contribution in [1.29, 1.82) is 0 Å². The van der Waals surface area contributed by atoms with E-state index in [9.17, 15) is 0 Å². The van der Waals surface area contributed by atoms with E-state index in [4.69, 9.17) is 4.74 Å². The van der Waals surface area contributed by atoms with Crippen LogP contribution in [0.5, 0.6) is 0 Å². The van der Waals surface area contributed by atoms with Gasteiger partial charge in [0.1, 0.15) is 0 Å². The third-order valence-electron chi connectivity index (χ3n) is 4.19. The van der Waals surface area contributed by atoms with Gasteiger partial charge >= 0.3 is 0 Å². The Morgan fingerprint density at radius 3 is 2.67 bits per heavy atom. The van der Waals surface area contributed by atoms with Gasteiger partial charge in [0, 0.05) is 37.8 Å². The van der Waals surface area contributed by atoms with Gasteiger partial charge in [0.25, 0.3) is 0 Å². The van der Waals surface area contributed by atoms with E-state index in [1.807, 2.05) is 0 Å². The van der Waals surface area contributed by atoms with Gasteiger partial charge < -0.3 is 10.1 Å². The van der Waals surface area contributed by atoms with E-state index in [2.05, 4.69) is 44.8 Å². The maximum absolute atomic E-state index is 5.74. The molecule has 1 rings (SSSR count). The lowest BCUT2D eigenvalue weighted by Crippen LogP contribution is -2.63. The minimum Gasteiger partial charge on any atom is -0.380 e. The molecule has 0 saturated carbocycles. The van der Waals surface area contributed by atoms with Crippen LogP contribution in [0, 0.1) is 5.92 Å². The summed E-state index contributed by atoms with van der Waals surface area (Å²) in [5.74, 6) is 0.633. The van der Waals surface area contributed by atoms with E-state index in [1.165, 1.54) is 12.8 Å². The first-order valence-corrected chi connectivity index (χ1v) is 7.58. The first kappa shape index (κ1) is 15.9. The summed E-state index contributed by atoms with van der Waals surface area (Å²) < 4.78 is 5.74. The molecule has 2 atom stereocenters. The Labute approximate surface area is 113 Å². The molecule has 0 aromatic heterocycles. The van der Waals surface area contributed by atoms with E-state index >= 15 is 0 Å². The molecular weight excluding hydrogens is 224 g/mol. The van der Waals surface area contributed by atoms with Crippen molar-refractivity contribution in [2.24, 2.45) is 5.92 Å². The van der Waals surface area contributed by atoms with Crippen molar-refractivity contribution in [3.8, 4) is 0 Å². The molecular formula is C15H32N2O. The molecule has 1 fully saturated rings. The zero-order valence-corrected chi connectivity index (χ0v) is 13.0. The lowest BCUT2D eigenvalue weighted by molar-refractivity contribution is 0.0120. The van der Waals surface area contributed by atoms with Crippen LogP contribution in [-0.2, 0) is 4.74 Å². The minimum atomic E-state index is 0.298. The summed E-state index contributed by atoms with van der Waals surface area (Å²) in [5, 5.41) is 3.67. The maximum atomic E-state index is 5.74. The fourth-order valence-electron chi connectivity index (χ4n) is 2.50. The largest absolute Gasteiger partial charge is 0.380 e. The normalized spacial score (nSPS) is 30.0. The van der Waals surface area contributed by atoms with Gasteiger partial charge in [0.05, 0.1) is 6.61 Å². The number of ether oxygens (including phenoxy) is 1. The number of piperazine rings is 1. The molecule has 108 valence electrons. The summed E-state index contributed by atoms with van der Waals surface area (Å²) in [4.78, 5) is 2.62. The van der Waals surface area contributed by atoms with Gasteiger partial charge in [0.2, 0.25) is 0 Å². The number of rotatable bonds is 7. The van der Waals surface area contributed by atoms with Crippen LogP contribution >= 0.6 is 0 Å². The fourth-order valence-corrected chi connectivity index (χ4v) is 2.50. The molecule has 1 heterocycles. The van der Waals surface area contributed by atoms with Gasteiger partial charge in [-0.25, -0.2) is 0 Å². The molecule has 1 N–H and O–H groups in total. The highest BCUT2D eigenvalue weighted by molar-refractivity contribution is 4.94. The highest BCUT2D eigenvalue weighted by Crippen LogP contribution is 2.23. The highest BCUT2D eigenvalue weighted by Gasteiger charge is 2.35. The number of nitrogens with one attached hydrogen (secondary N) is 1. The highest BCUT2D eigenvalue weighted by atomic mass is 16.5. The summed E-state index contributed by atoms with van der Waals surface area (Å²) in [6, 6.07) is 0.648. The molecule has 0 radical (unpaired) electrons. The molecule has 0 amide bonds. The summed E-state index contributed by atoms with van der Waals surface area (Å²) in [6.45, 7) is 16.4. The minimum absolute atomic E-state index is 0.298. The number of hydrogen-bond donors (Lipinski definition) is 1. The molecule has 3 nitrogen and oxygen atoms in total. The number of hydrogen-bond acceptors (Lipinski definition) is 3. The smallest absolute Gasteiger partial charge is 0.0593 e. The molecule has 0 bridgehead atoms. The predicted octanol–water partition coefficient (Wildman–Crippen LogP) is 2.51. The van der Waals surface area contributed by atoms with E-state index in [-0.39, 0.29) is 0 Å². The second-order valence-electron chi connectivity index (χ2n) is 6.25. The maximum Gasteiger partial charge on any atom is 0.0593 e. The quantitative estimate of drug-likeness (QED) is 0.708. The van der Waals surface area contributed by atoms with Crippen molar-refractivity contribution >= 4 is 0 Å². The Balaban J connectivity index is 2.41. The van der Waals surface area contributed by atoms with Gasteiger partial charge in [-0.1, -0.05) is 27.7 Å².